The molecule has 1 heterocycles. The van der Waals surface area contributed by atoms with Crippen LogP contribution in [0, 0.1) is 17.8 Å². The molecule has 3 heteroatoms. The first-order chi connectivity index (χ1) is 10.0. The smallest absolute Gasteiger partial charge is 0.248 e. The van der Waals surface area contributed by atoms with Gasteiger partial charge in [0.25, 0.3) is 0 Å². The predicted octanol–water partition coefficient (Wildman–Crippen LogP) is 3.94. The summed E-state index contributed by atoms with van der Waals surface area (Å²) in [6.07, 6.45) is 3.60. The van der Waals surface area contributed by atoms with Crippen molar-refractivity contribution in [3.63, 3.8) is 0 Å². The lowest BCUT2D eigenvalue weighted by atomic mass is 9.87. The Hall–Kier alpha value is -1.28. The van der Waals surface area contributed by atoms with E-state index in [0.29, 0.717) is 23.3 Å². The summed E-state index contributed by atoms with van der Waals surface area (Å²) in [5.41, 5.74) is 1.97. The highest BCUT2D eigenvalue weighted by Crippen LogP contribution is 2.44. The molecule has 1 saturated carbocycles. The fourth-order valence-electron chi connectivity index (χ4n) is 4.03. The largest absolute Gasteiger partial charge is 0.338 e. The van der Waals surface area contributed by atoms with Crippen LogP contribution in [-0.4, -0.2) is 23.9 Å². The Morgan fingerprint density at radius 1 is 1.38 bits per heavy atom. The van der Waals surface area contributed by atoms with Crippen LogP contribution in [0.5, 0.6) is 0 Å². The third-order valence-corrected chi connectivity index (χ3v) is 5.28. The van der Waals surface area contributed by atoms with Gasteiger partial charge in [0.1, 0.15) is 0 Å². The minimum Gasteiger partial charge on any atom is -0.338 e. The lowest BCUT2D eigenvalue weighted by molar-refractivity contribution is -0.126. The zero-order chi connectivity index (χ0) is 15.0. The van der Waals surface area contributed by atoms with Crippen LogP contribution in [0.25, 0.3) is 0 Å². The fourth-order valence-corrected chi connectivity index (χ4v) is 4.25. The van der Waals surface area contributed by atoms with E-state index in [1.807, 2.05) is 17.0 Å². The molecule has 1 saturated heterocycles. The summed E-state index contributed by atoms with van der Waals surface area (Å²) >= 11 is 6.08. The maximum absolute atomic E-state index is 12.1. The second kappa shape index (κ2) is 5.84. The van der Waals surface area contributed by atoms with Crippen LogP contribution in [0.3, 0.4) is 0 Å². The van der Waals surface area contributed by atoms with E-state index in [1.54, 1.807) is 6.92 Å². The first-order valence-electron chi connectivity index (χ1n) is 7.74. The fraction of sp³-hybridized carbons (Fsp3) is 0.500. The minimum atomic E-state index is 0.130. The Bertz CT molecular complexity index is 568. The van der Waals surface area contributed by atoms with Crippen molar-refractivity contribution in [2.24, 2.45) is 17.8 Å². The summed E-state index contributed by atoms with van der Waals surface area (Å²) in [7, 11) is 0. The number of hydrogen-bond acceptors (Lipinski definition) is 1. The first-order valence-corrected chi connectivity index (χ1v) is 8.11. The van der Waals surface area contributed by atoms with Crippen molar-refractivity contribution in [1.29, 1.82) is 0 Å². The van der Waals surface area contributed by atoms with Crippen LogP contribution in [-0.2, 0) is 11.2 Å². The molecular weight excluding hydrogens is 282 g/mol. The molecular formula is C18H22ClNO. The van der Waals surface area contributed by atoms with Crippen molar-refractivity contribution < 1.29 is 4.79 Å². The van der Waals surface area contributed by atoms with Crippen LogP contribution in [0.1, 0.15) is 25.3 Å². The Morgan fingerprint density at radius 2 is 2.19 bits per heavy atom. The van der Waals surface area contributed by atoms with Gasteiger partial charge in [-0.25, -0.2) is 0 Å². The molecule has 112 valence electrons. The number of hydrogen-bond donors (Lipinski definition) is 0. The molecule has 1 aliphatic carbocycles. The first kappa shape index (κ1) is 14.6. The Morgan fingerprint density at radius 3 is 2.90 bits per heavy atom. The second-order valence-corrected chi connectivity index (χ2v) is 7.02. The van der Waals surface area contributed by atoms with Crippen molar-refractivity contribution in [3.8, 4) is 0 Å². The van der Waals surface area contributed by atoms with E-state index in [9.17, 15) is 4.79 Å². The summed E-state index contributed by atoms with van der Waals surface area (Å²) in [5.74, 6) is 2.13. The summed E-state index contributed by atoms with van der Waals surface area (Å²) < 4.78 is 0. The molecule has 0 spiro atoms. The topological polar surface area (TPSA) is 20.3 Å². The number of nitrogens with zero attached hydrogens (tertiary/aromatic N) is 1. The molecule has 0 unspecified atom stereocenters. The Balaban J connectivity index is 1.67. The average Bonchev–Trinajstić information content (AvgIpc) is 3.00. The zero-order valence-electron chi connectivity index (χ0n) is 12.5. The van der Waals surface area contributed by atoms with E-state index in [1.165, 1.54) is 18.4 Å². The van der Waals surface area contributed by atoms with Gasteiger partial charge in [0.15, 0.2) is 0 Å². The van der Waals surface area contributed by atoms with Gasteiger partial charge in [-0.1, -0.05) is 30.3 Å². The maximum Gasteiger partial charge on any atom is 0.248 e. The number of carbonyl (C=O) groups is 1. The zero-order valence-corrected chi connectivity index (χ0v) is 13.3. The average molecular weight is 304 g/mol. The molecule has 0 bridgehead atoms. The van der Waals surface area contributed by atoms with Crippen LogP contribution in [0.4, 0.5) is 0 Å². The Kier molecular flexibility index (Phi) is 4.08. The number of halogens is 1. The van der Waals surface area contributed by atoms with Crippen LogP contribution >= 0.6 is 11.6 Å². The van der Waals surface area contributed by atoms with Gasteiger partial charge in [0, 0.05) is 23.7 Å². The normalized spacial score (nSPS) is 27.7. The monoisotopic (exact) mass is 303 g/mol. The summed E-state index contributed by atoms with van der Waals surface area (Å²) in [6, 6.07) is 8.17. The van der Waals surface area contributed by atoms with Gasteiger partial charge in [-0.15, -0.1) is 0 Å². The van der Waals surface area contributed by atoms with E-state index < -0.39 is 0 Å². The number of fused-ring (bicyclic) bond motifs is 1. The molecule has 0 aromatic heterocycles. The number of carbonyl (C=O) groups excluding carboxylic acids is 1. The van der Waals surface area contributed by atoms with E-state index in [-0.39, 0.29) is 5.91 Å². The predicted molar refractivity (Wildman–Crippen MR) is 86.3 cm³/mol. The van der Waals surface area contributed by atoms with Crippen molar-refractivity contribution in [2.75, 3.05) is 13.1 Å². The number of rotatable bonds is 3. The highest BCUT2D eigenvalue weighted by molar-refractivity contribution is 6.30. The number of benzene rings is 1. The van der Waals surface area contributed by atoms with E-state index in [4.69, 9.17) is 11.6 Å². The molecule has 1 aliphatic heterocycles. The molecule has 1 aromatic rings. The lowest BCUT2D eigenvalue weighted by Crippen LogP contribution is -2.30. The second-order valence-electron chi connectivity index (χ2n) is 6.59. The van der Waals surface area contributed by atoms with E-state index >= 15 is 0 Å². The molecule has 0 N–H and O–H groups in total. The van der Waals surface area contributed by atoms with Gasteiger partial charge < -0.3 is 4.90 Å². The van der Waals surface area contributed by atoms with Crippen molar-refractivity contribution in [3.05, 3.63) is 47.0 Å². The van der Waals surface area contributed by atoms with E-state index in [0.717, 1.165) is 24.5 Å². The van der Waals surface area contributed by atoms with Crippen molar-refractivity contribution in [2.45, 2.75) is 26.2 Å². The summed E-state index contributed by atoms with van der Waals surface area (Å²) in [4.78, 5) is 14.1. The minimum absolute atomic E-state index is 0.130. The maximum atomic E-state index is 12.1. The van der Waals surface area contributed by atoms with Crippen molar-refractivity contribution >= 4 is 17.5 Å². The molecule has 3 rings (SSSR count). The lowest BCUT2D eigenvalue weighted by Gasteiger charge is -2.21. The summed E-state index contributed by atoms with van der Waals surface area (Å²) in [6.45, 7) is 7.41. The van der Waals surface area contributed by atoms with Crippen LogP contribution in [0.15, 0.2) is 36.4 Å². The third kappa shape index (κ3) is 3.01. The molecule has 1 amide bonds. The van der Waals surface area contributed by atoms with Gasteiger partial charge in [-0.3, -0.25) is 4.79 Å². The molecule has 2 fully saturated rings. The van der Waals surface area contributed by atoms with Gasteiger partial charge in [-0.05, 0) is 61.6 Å². The molecule has 1 aromatic carbocycles. The number of amides is 1. The third-order valence-electron chi connectivity index (χ3n) is 5.04. The van der Waals surface area contributed by atoms with Crippen molar-refractivity contribution in [1.82, 2.24) is 4.90 Å². The summed E-state index contributed by atoms with van der Waals surface area (Å²) in [5, 5.41) is 0.813. The quantitative estimate of drug-likeness (QED) is 0.774. The van der Waals surface area contributed by atoms with Gasteiger partial charge in [0.2, 0.25) is 5.91 Å². The number of likely N-dealkylation sites (tertiary alicyclic amines) is 1. The SMILES string of the molecule is C=C(C)C(=O)N1C[C@H]2CC[C@H](Cc3cccc(Cl)c3)[C@H]2C1. The standard InChI is InChI=1S/C18H22ClNO/c1-12(2)18(21)20-10-15-7-6-14(17(15)11-20)8-13-4-3-5-16(19)9-13/h3-5,9,14-15,17H,1,6-8,10-11H2,2H3/t14-,15-,17-/m1/s1. The molecule has 3 atom stereocenters. The van der Waals surface area contributed by atoms with Gasteiger partial charge in [-0.2, -0.15) is 0 Å². The molecule has 0 radical (unpaired) electrons. The van der Waals surface area contributed by atoms with Gasteiger partial charge in [0.05, 0.1) is 0 Å². The van der Waals surface area contributed by atoms with E-state index in [2.05, 4.69) is 18.7 Å². The van der Waals surface area contributed by atoms with Crippen LogP contribution in [0.2, 0.25) is 5.02 Å². The molecule has 2 nitrogen and oxygen atoms in total. The Labute approximate surface area is 131 Å². The van der Waals surface area contributed by atoms with Crippen LogP contribution < -0.4 is 0 Å². The van der Waals surface area contributed by atoms with Gasteiger partial charge >= 0.3 is 0 Å². The molecule has 2 aliphatic rings. The highest BCUT2D eigenvalue weighted by Gasteiger charge is 2.43. The molecule has 21 heavy (non-hydrogen) atoms. The highest BCUT2D eigenvalue weighted by atomic mass is 35.5.